The molecule has 0 aromatic carbocycles. The summed E-state index contributed by atoms with van der Waals surface area (Å²) in [5, 5.41) is 3.53. The van der Waals surface area contributed by atoms with E-state index in [0.29, 0.717) is 0 Å². The normalized spacial score (nSPS) is 27.0. The molecule has 0 saturated carbocycles. The van der Waals surface area contributed by atoms with Gasteiger partial charge in [-0.2, -0.15) is 0 Å². The lowest BCUT2D eigenvalue weighted by atomic mass is 9.93. The minimum atomic E-state index is 0.939. The van der Waals surface area contributed by atoms with Crippen molar-refractivity contribution in [2.75, 3.05) is 53.4 Å². The summed E-state index contributed by atoms with van der Waals surface area (Å²) in [7, 11) is 4.40. The number of likely N-dealkylation sites (tertiary alicyclic amines) is 1. The lowest BCUT2D eigenvalue weighted by Gasteiger charge is -2.33. The van der Waals surface area contributed by atoms with Crippen LogP contribution in [0.5, 0.6) is 0 Å². The molecular weight excluding hydrogens is 234 g/mol. The fraction of sp³-hybridized carbons (Fsp3) is 1.00. The zero-order valence-electron chi connectivity index (χ0n) is 13.0. The number of nitrogens with zero attached hydrogens (tertiary/aromatic N) is 2. The van der Waals surface area contributed by atoms with E-state index in [1.54, 1.807) is 0 Å². The highest BCUT2D eigenvalue weighted by molar-refractivity contribution is 4.75. The number of hydrogen-bond acceptors (Lipinski definition) is 3. The van der Waals surface area contributed by atoms with E-state index in [-0.39, 0.29) is 0 Å². The van der Waals surface area contributed by atoms with Gasteiger partial charge in [-0.25, -0.2) is 0 Å². The predicted octanol–water partition coefficient (Wildman–Crippen LogP) is 2.04. The first-order chi connectivity index (χ1) is 9.24. The van der Waals surface area contributed by atoms with Crippen molar-refractivity contribution < 1.29 is 0 Å². The van der Waals surface area contributed by atoms with E-state index in [1.165, 1.54) is 77.8 Å². The molecule has 2 aliphatic heterocycles. The highest BCUT2D eigenvalue weighted by Crippen LogP contribution is 2.20. The zero-order valence-corrected chi connectivity index (χ0v) is 13.0. The number of rotatable bonds is 6. The second-order valence-electron chi connectivity index (χ2n) is 6.90. The van der Waals surface area contributed by atoms with E-state index >= 15 is 0 Å². The third-order valence-electron chi connectivity index (χ3n) is 4.82. The van der Waals surface area contributed by atoms with Crippen LogP contribution in [0, 0.1) is 11.8 Å². The molecular formula is C16H33N3. The zero-order chi connectivity index (χ0) is 13.5. The summed E-state index contributed by atoms with van der Waals surface area (Å²) < 4.78 is 0. The van der Waals surface area contributed by atoms with Gasteiger partial charge in [-0.3, -0.25) is 0 Å². The summed E-state index contributed by atoms with van der Waals surface area (Å²) in [6.45, 7) is 7.80. The quantitative estimate of drug-likeness (QED) is 0.794. The highest BCUT2D eigenvalue weighted by Gasteiger charge is 2.19. The SMILES string of the molecule is CN(C)CC1CCN(CCCC2CCCNC2)CC1. The summed E-state index contributed by atoms with van der Waals surface area (Å²) in [6.07, 6.45) is 8.50. The van der Waals surface area contributed by atoms with Gasteiger partial charge in [-0.05, 0) is 97.2 Å². The van der Waals surface area contributed by atoms with Crippen molar-refractivity contribution in [1.82, 2.24) is 15.1 Å². The second-order valence-corrected chi connectivity index (χ2v) is 6.90. The summed E-state index contributed by atoms with van der Waals surface area (Å²) in [6, 6.07) is 0. The highest BCUT2D eigenvalue weighted by atomic mass is 15.1. The van der Waals surface area contributed by atoms with Gasteiger partial charge in [0.2, 0.25) is 0 Å². The molecule has 0 aromatic heterocycles. The molecule has 112 valence electrons. The van der Waals surface area contributed by atoms with Crippen molar-refractivity contribution in [3.8, 4) is 0 Å². The van der Waals surface area contributed by atoms with E-state index in [4.69, 9.17) is 0 Å². The van der Waals surface area contributed by atoms with E-state index in [0.717, 1.165) is 11.8 Å². The maximum atomic E-state index is 3.53. The second kappa shape index (κ2) is 8.23. The van der Waals surface area contributed by atoms with E-state index in [9.17, 15) is 0 Å². The molecule has 3 heteroatoms. The lowest BCUT2D eigenvalue weighted by molar-refractivity contribution is 0.157. The minimum Gasteiger partial charge on any atom is -0.316 e. The molecule has 0 aromatic rings. The van der Waals surface area contributed by atoms with Crippen LogP contribution in [-0.2, 0) is 0 Å². The van der Waals surface area contributed by atoms with Gasteiger partial charge in [0.1, 0.15) is 0 Å². The fourth-order valence-electron chi connectivity index (χ4n) is 3.68. The molecule has 0 bridgehead atoms. The summed E-state index contributed by atoms with van der Waals surface area (Å²) in [4.78, 5) is 5.04. The fourth-order valence-corrected chi connectivity index (χ4v) is 3.68. The molecule has 19 heavy (non-hydrogen) atoms. The third kappa shape index (κ3) is 5.80. The van der Waals surface area contributed by atoms with Gasteiger partial charge in [-0.15, -0.1) is 0 Å². The molecule has 0 amide bonds. The average Bonchev–Trinajstić information content (AvgIpc) is 2.41. The molecule has 2 fully saturated rings. The molecule has 1 unspecified atom stereocenters. The van der Waals surface area contributed by atoms with E-state index in [1.807, 2.05) is 0 Å². The van der Waals surface area contributed by atoms with Crippen molar-refractivity contribution in [2.45, 2.75) is 38.5 Å². The van der Waals surface area contributed by atoms with Crippen LogP contribution < -0.4 is 5.32 Å². The Labute approximate surface area is 119 Å². The molecule has 2 heterocycles. The first-order valence-electron chi connectivity index (χ1n) is 8.32. The number of hydrogen-bond donors (Lipinski definition) is 1. The van der Waals surface area contributed by atoms with Crippen LogP contribution in [0.15, 0.2) is 0 Å². The average molecular weight is 267 g/mol. The molecule has 1 N–H and O–H groups in total. The monoisotopic (exact) mass is 267 g/mol. The lowest BCUT2D eigenvalue weighted by Crippen LogP contribution is -2.38. The van der Waals surface area contributed by atoms with Gasteiger partial charge in [0, 0.05) is 6.54 Å². The molecule has 2 rings (SSSR count). The Balaban J connectivity index is 1.53. The third-order valence-corrected chi connectivity index (χ3v) is 4.82. The summed E-state index contributed by atoms with van der Waals surface area (Å²) >= 11 is 0. The first-order valence-corrected chi connectivity index (χ1v) is 8.32. The maximum Gasteiger partial charge on any atom is 0.000451 e. The molecule has 0 radical (unpaired) electrons. The smallest absolute Gasteiger partial charge is 0.000451 e. The molecule has 0 spiro atoms. The summed E-state index contributed by atoms with van der Waals surface area (Å²) in [5.74, 6) is 1.90. The molecule has 3 nitrogen and oxygen atoms in total. The Morgan fingerprint density at radius 2 is 1.89 bits per heavy atom. The maximum absolute atomic E-state index is 3.53. The van der Waals surface area contributed by atoms with Gasteiger partial charge < -0.3 is 15.1 Å². The van der Waals surface area contributed by atoms with Crippen LogP contribution >= 0.6 is 0 Å². The van der Waals surface area contributed by atoms with Crippen molar-refractivity contribution in [1.29, 1.82) is 0 Å². The largest absolute Gasteiger partial charge is 0.316 e. The Bertz CT molecular complexity index is 228. The molecule has 2 aliphatic rings. The van der Waals surface area contributed by atoms with Gasteiger partial charge in [0.25, 0.3) is 0 Å². The topological polar surface area (TPSA) is 18.5 Å². The molecule has 1 atom stereocenters. The number of nitrogens with one attached hydrogen (secondary N) is 1. The van der Waals surface area contributed by atoms with Crippen LogP contribution in [0.25, 0.3) is 0 Å². The number of piperidine rings is 2. The van der Waals surface area contributed by atoms with Crippen LogP contribution in [-0.4, -0.2) is 63.2 Å². The van der Waals surface area contributed by atoms with Crippen LogP contribution in [0.4, 0.5) is 0 Å². The molecule has 2 saturated heterocycles. The van der Waals surface area contributed by atoms with Crippen molar-refractivity contribution in [3.63, 3.8) is 0 Å². The Morgan fingerprint density at radius 3 is 2.53 bits per heavy atom. The van der Waals surface area contributed by atoms with E-state index < -0.39 is 0 Å². The van der Waals surface area contributed by atoms with E-state index in [2.05, 4.69) is 29.2 Å². The van der Waals surface area contributed by atoms with Gasteiger partial charge in [0.05, 0.1) is 0 Å². The Morgan fingerprint density at radius 1 is 1.11 bits per heavy atom. The predicted molar refractivity (Wildman–Crippen MR) is 82.5 cm³/mol. The van der Waals surface area contributed by atoms with Crippen LogP contribution in [0.3, 0.4) is 0 Å². The Hall–Kier alpha value is -0.120. The van der Waals surface area contributed by atoms with Crippen LogP contribution in [0.2, 0.25) is 0 Å². The van der Waals surface area contributed by atoms with Crippen LogP contribution in [0.1, 0.15) is 38.5 Å². The van der Waals surface area contributed by atoms with Gasteiger partial charge >= 0.3 is 0 Å². The summed E-state index contributed by atoms with van der Waals surface area (Å²) in [5.41, 5.74) is 0. The first kappa shape index (κ1) is 15.3. The van der Waals surface area contributed by atoms with Crippen molar-refractivity contribution in [2.24, 2.45) is 11.8 Å². The molecule has 0 aliphatic carbocycles. The standard InChI is InChI=1S/C16H33N3/c1-18(2)14-16-7-11-19(12-8-16)10-4-6-15-5-3-9-17-13-15/h15-17H,3-14H2,1-2H3. The van der Waals surface area contributed by atoms with Crippen molar-refractivity contribution >= 4 is 0 Å². The van der Waals surface area contributed by atoms with Gasteiger partial charge in [-0.1, -0.05) is 0 Å². The minimum absolute atomic E-state index is 0.939. The van der Waals surface area contributed by atoms with Crippen molar-refractivity contribution in [3.05, 3.63) is 0 Å². The Kier molecular flexibility index (Phi) is 6.62. The van der Waals surface area contributed by atoms with Gasteiger partial charge in [0.15, 0.2) is 0 Å².